The molecule has 4 rings (SSSR count). The van der Waals surface area contributed by atoms with Gasteiger partial charge in [-0.25, -0.2) is 9.50 Å². The van der Waals surface area contributed by atoms with Gasteiger partial charge in [-0.1, -0.05) is 35.3 Å². The number of amides is 1. The first-order chi connectivity index (χ1) is 15.2. The molecule has 3 heterocycles. The molecule has 0 spiro atoms. The smallest absolute Gasteiger partial charge is 0.351 e. The molecule has 32 heavy (non-hydrogen) atoms. The lowest BCUT2D eigenvalue weighted by Crippen LogP contribution is -2.26. The normalized spacial score (nSPS) is 11.8. The first-order valence-electron chi connectivity index (χ1n) is 9.41. The van der Waals surface area contributed by atoms with Crippen LogP contribution in [0.5, 0.6) is 0 Å². The molecule has 12 heteroatoms. The van der Waals surface area contributed by atoms with Gasteiger partial charge < -0.3 is 5.32 Å². The van der Waals surface area contributed by atoms with Crippen LogP contribution in [-0.2, 0) is 12.7 Å². The summed E-state index contributed by atoms with van der Waals surface area (Å²) < 4.78 is 43.3. The second-order valence-corrected chi connectivity index (χ2v) is 7.73. The number of benzene rings is 1. The molecule has 0 atom stereocenters. The number of aryl methyl sites for hydroxylation is 1. The molecular weight excluding hydrogens is 468 g/mol. The number of fused-ring (bicyclic) bond motifs is 1. The van der Waals surface area contributed by atoms with Gasteiger partial charge >= 0.3 is 6.18 Å². The van der Waals surface area contributed by atoms with Gasteiger partial charge in [0.05, 0.1) is 16.9 Å². The van der Waals surface area contributed by atoms with Crippen molar-refractivity contribution in [3.63, 3.8) is 0 Å². The summed E-state index contributed by atoms with van der Waals surface area (Å²) in [4.78, 5) is 16.7. The molecule has 0 aliphatic heterocycles. The fourth-order valence-electron chi connectivity index (χ4n) is 3.05. The van der Waals surface area contributed by atoms with Gasteiger partial charge in [-0.15, -0.1) is 0 Å². The highest BCUT2D eigenvalue weighted by molar-refractivity contribution is 6.30. The SMILES string of the molecule is O=C(NCCCn1cc(Cl)cn1)c1cc2nc(-c3ccc(Cl)cc3)cc(C(F)(F)F)n2n1. The fraction of sp³-hybridized carbons (Fsp3) is 0.200. The number of nitrogens with zero attached hydrogens (tertiary/aromatic N) is 5. The van der Waals surface area contributed by atoms with E-state index in [9.17, 15) is 18.0 Å². The van der Waals surface area contributed by atoms with Crippen LogP contribution >= 0.6 is 23.2 Å². The highest BCUT2D eigenvalue weighted by Crippen LogP contribution is 2.32. The maximum atomic E-state index is 13.7. The van der Waals surface area contributed by atoms with Gasteiger partial charge in [0.25, 0.3) is 5.91 Å². The van der Waals surface area contributed by atoms with Crippen molar-refractivity contribution in [2.45, 2.75) is 19.1 Å². The molecule has 7 nitrogen and oxygen atoms in total. The first kappa shape index (κ1) is 22.1. The van der Waals surface area contributed by atoms with E-state index in [1.54, 1.807) is 35.1 Å². The second-order valence-electron chi connectivity index (χ2n) is 6.86. The lowest BCUT2D eigenvalue weighted by atomic mass is 10.1. The second kappa shape index (κ2) is 8.79. The van der Waals surface area contributed by atoms with Crippen LogP contribution in [0, 0.1) is 0 Å². The van der Waals surface area contributed by atoms with Crippen molar-refractivity contribution < 1.29 is 18.0 Å². The highest BCUT2D eigenvalue weighted by atomic mass is 35.5. The Kier molecular flexibility index (Phi) is 6.07. The standard InChI is InChI=1S/C20H15Cl2F3N6O/c21-13-4-2-12(3-5-13)15-8-17(20(23,24)25)31-18(28-15)9-16(29-31)19(32)26-6-1-7-30-11-14(22)10-27-30/h2-5,8-11H,1,6-7H2,(H,26,32). The van der Waals surface area contributed by atoms with E-state index >= 15 is 0 Å². The van der Waals surface area contributed by atoms with Crippen molar-refractivity contribution in [3.8, 4) is 11.3 Å². The molecular formula is C20H15Cl2F3N6O. The minimum Gasteiger partial charge on any atom is -0.351 e. The van der Waals surface area contributed by atoms with Gasteiger partial charge in [-0.2, -0.15) is 23.4 Å². The molecule has 1 aromatic carbocycles. The molecule has 166 valence electrons. The Morgan fingerprint density at radius 2 is 1.84 bits per heavy atom. The van der Waals surface area contributed by atoms with Gasteiger partial charge in [-0.3, -0.25) is 9.48 Å². The Hall–Kier alpha value is -3.11. The van der Waals surface area contributed by atoms with Gasteiger partial charge in [0.15, 0.2) is 17.0 Å². The molecule has 0 aliphatic rings. The van der Waals surface area contributed by atoms with E-state index in [0.29, 0.717) is 33.1 Å². The third-order valence-corrected chi connectivity index (χ3v) is 4.99. The van der Waals surface area contributed by atoms with Gasteiger partial charge in [0.1, 0.15) is 0 Å². The number of alkyl halides is 3. The van der Waals surface area contributed by atoms with Crippen molar-refractivity contribution in [3.05, 3.63) is 70.2 Å². The zero-order valence-electron chi connectivity index (χ0n) is 16.3. The van der Waals surface area contributed by atoms with Crippen LogP contribution in [0.4, 0.5) is 13.2 Å². The molecule has 4 aromatic rings. The quantitative estimate of drug-likeness (QED) is 0.402. The van der Waals surface area contributed by atoms with Crippen molar-refractivity contribution in [2.75, 3.05) is 6.54 Å². The lowest BCUT2D eigenvalue weighted by Gasteiger charge is -2.11. The van der Waals surface area contributed by atoms with Gasteiger partial charge in [0, 0.05) is 35.9 Å². The van der Waals surface area contributed by atoms with Crippen LogP contribution < -0.4 is 5.32 Å². The minimum atomic E-state index is -4.70. The summed E-state index contributed by atoms with van der Waals surface area (Å²) in [5.74, 6) is -0.602. The van der Waals surface area contributed by atoms with Crippen LogP contribution in [-0.4, -0.2) is 36.8 Å². The zero-order valence-corrected chi connectivity index (χ0v) is 17.8. The Morgan fingerprint density at radius 3 is 2.50 bits per heavy atom. The summed E-state index contributed by atoms with van der Waals surface area (Å²) in [6, 6.07) is 8.36. The predicted octanol–water partition coefficient (Wildman–Crippen LogP) is 4.74. The van der Waals surface area contributed by atoms with E-state index in [2.05, 4.69) is 20.5 Å². The van der Waals surface area contributed by atoms with Crippen LogP contribution in [0.3, 0.4) is 0 Å². The molecule has 0 saturated carbocycles. The van der Waals surface area contributed by atoms with E-state index in [0.717, 1.165) is 6.07 Å². The van der Waals surface area contributed by atoms with Crippen molar-refractivity contribution in [1.82, 2.24) is 29.7 Å². The molecule has 0 saturated heterocycles. The number of carbonyl (C=O) groups is 1. The van der Waals surface area contributed by atoms with Crippen molar-refractivity contribution in [2.24, 2.45) is 0 Å². The van der Waals surface area contributed by atoms with E-state index in [-0.39, 0.29) is 23.6 Å². The predicted molar refractivity (Wildman–Crippen MR) is 113 cm³/mol. The number of nitrogens with one attached hydrogen (secondary N) is 1. The van der Waals surface area contributed by atoms with Crippen molar-refractivity contribution >= 4 is 34.8 Å². The Bertz CT molecular complexity index is 1270. The Labute approximate surface area is 189 Å². The largest absolute Gasteiger partial charge is 0.433 e. The summed E-state index contributed by atoms with van der Waals surface area (Å²) in [5, 5.41) is 11.4. The van der Waals surface area contributed by atoms with E-state index in [4.69, 9.17) is 23.2 Å². The maximum Gasteiger partial charge on any atom is 0.433 e. The van der Waals surface area contributed by atoms with Crippen LogP contribution in [0.25, 0.3) is 16.9 Å². The zero-order chi connectivity index (χ0) is 22.9. The summed E-state index contributed by atoms with van der Waals surface area (Å²) in [6.07, 6.45) is -1.01. The van der Waals surface area contributed by atoms with E-state index in [1.165, 1.54) is 12.3 Å². The van der Waals surface area contributed by atoms with Crippen LogP contribution in [0.2, 0.25) is 10.0 Å². The van der Waals surface area contributed by atoms with Crippen LogP contribution in [0.1, 0.15) is 22.6 Å². The molecule has 0 unspecified atom stereocenters. The number of carbonyl (C=O) groups excluding carboxylic acids is 1. The molecule has 0 bridgehead atoms. The van der Waals surface area contributed by atoms with Gasteiger partial charge in [-0.05, 0) is 24.6 Å². The summed E-state index contributed by atoms with van der Waals surface area (Å²) in [5.41, 5.74) is -0.763. The topological polar surface area (TPSA) is 77.1 Å². The third-order valence-electron chi connectivity index (χ3n) is 4.54. The minimum absolute atomic E-state index is 0.0891. The summed E-state index contributed by atoms with van der Waals surface area (Å²) in [6.45, 7) is 0.794. The number of rotatable bonds is 6. The average Bonchev–Trinajstić information content (AvgIpc) is 3.36. The summed E-state index contributed by atoms with van der Waals surface area (Å²) >= 11 is 11.6. The lowest BCUT2D eigenvalue weighted by molar-refractivity contribution is -0.142. The molecule has 0 fully saturated rings. The van der Waals surface area contributed by atoms with Gasteiger partial charge in [0.2, 0.25) is 0 Å². The first-order valence-corrected chi connectivity index (χ1v) is 10.2. The third kappa shape index (κ3) is 4.86. The molecule has 3 aromatic heterocycles. The Morgan fingerprint density at radius 1 is 1.09 bits per heavy atom. The molecule has 0 aliphatic carbocycles. The van der Waals surface area contributed by atoms with Crippen molar-refractivity contribution in [1.29, 1.82) is 0 Å². The average molecular weight is 483 g/mol. The van der Waals surface area contributed by atoms with E-state index in [1.807, 2.05) is 0 Å². The number of aromatic nitrogens is 5. The molecule has 0 radical (unpaired) electrons. The number of hydrogen-bond donors (Lipinski definition) is 1. The number of hydrogen-bond acceptors (Lipinski definition) is 4. The number of halogens is 5. The Balaban J connectivity index is 1.56. The monoisotopic (exact) mass is 482 g/mol. The van der Waals surface area contributed by atoms with Crippen LogP contribution in [0.15, 0.2) is 48.8 Å². The van der Waals surface area contributed by atoms with E-state index < -0.39 is 17.8 Å². The molecule has 1 N–H and O–H groups in total. The summed E-state index contributed by atoms with van der Waals surface area (Å²) in [7, 11) is 0. The maximum absolute atomic E-state index is 13.7. The molecule has 1 amide bonds. The fourth-order valence-corrected chi connectivity index (χ4v) is 3.33. The highest BCUT2D eigenvalue weighted by Gasteiger charge is 2.35.